The zero-order chi connectivity index (χ0) is 10.8. The number of nitrogens with one attached hydrogen (secondary N) is 1. The molecular weight excluding hydrogens is 194 g/mol. The summed E-state index contributed by atoms with van der Waals surface area (Å²) in [6, 6.07) is 5.21. The van der Waals surface area contributed by atoms with E-state index in [0.717, 1.165) is 12.0 Å². The van der Waals surface area contributed by atoms with E-state index in [-0.39, 0.29) is 5.91 Å². The van der Waals surface area contributed by atoms with Crippen LogP contribution in [0, 0.1) is 0 Å². The van der Waals surface area contributed by atoms with Gasteiger partial charge < -0.3 is 10.1 Å². The van der Waals surface area contributed by atoms with Crippen molar-refractivity contribution in [1.82, 2.24) is 0 Å². The van der Waals surface area contributed by atoms with E-state index < -0.39 is 5.97 Å². The molecule has 1 aliphatic rings. The highest BCUT2D eigenvalue weighted by atomic mass is 16.5. The first-order valence-electron chi connectivity index (χ1n) is 4.72. The van der Waals surface area contributed by atoms with Gasteiger partial charge in [0.15, 0.2) is 0 Å². The van der Waals surface area contributed by atoms with Crippen LogP contribution in [0.5, 0.6) is 0 Å². The number of carbonyl (C=O) groups excluding carboxylic acids is 2. The fourth-order valence-corrected chi connectivity index (χ4v) is 1.62. The average Bonchev–Trinajstić information content (AvgIpc) is 2.27. The van der Waals surface area contributed by atoms with E-state index in [0.29, 0.717) is 17.7 Å². The lowest BCUT2D eigenvalue weighted by Gasteiger charge is -2.16. The Morgan fingerprint density at radius 1 is 1.40 bits per heavy atom. The van der Waals surface area contributed by atoms with E-state index >= 15 is 0 Å². The van der Waals surface area contributed by atoms with Gasteiger partial charge in [0.1, 0.15) is 0 Å². The standard InChI is InChI=1S/C11H11NO3/c1-15-11(14)8-3-2-7-4-5-10(13)12-9(7)6-8/h2-3,6H,4-5H2,1H3,(H,12,13). The minimum absolute atomic E-state index is 0.00971. The number of hydrogen-bond acceptors (Lipinski definition) is 3. The zero-order valence-electron chi connectivity index (χ0n) is 8.37. The van der Waals surface area contributed by atoms with Gasteiger partial charge in [-0.1, -0.05) is 6.07 Å². The fraction of sp³-hybridized carbons (Fsp3) is 0.273. The summed E-state index contributed by atoms with van der Waals surface area (Å²) >= 11 is 0. The molecule has 0 radical (unpaired) electrons. The van der Waals surface area contributed by atoms with Gasteiger partial charge in [0, 0.05) is 12.1 Å². The number of benzene rings is 1. The molecule has 15 heavy (non-hydrogen) atoms. The van der Waals surface area contributed by atoms with Crippen molar-refractivity contribution in [2.75, 3.05) is 12.4 Å². The molecule has 1 amide bonds. The molecule has 4 heteroatoms. The summed E-state index contributed by atoms with van der Waals surface area (Å²) in [6.07, 6.45) is 1.23. The first kappa shape index (κ1) is 9.71. The van der Waals surface area contributed by atoms with Crippen molar-refractivity contribution in [3.05, 3.63) is 29.3 Å². The summed E-state index contributed by atoms with van der Waals surface area (Å²) in [6.45, 7) is 0. The fourth-order valence-electron chi connectivity index (χ4n) is 1.62. The van der Waals surface area contributed by atoms with Crippen LogP contribution >= 0.6 is 0 Å². The number of rotatable bonds is 1. The normalized spacial score (nSPS) is 14.1. The van der Waals surface area contributed by atoms with Crippen LogP contribution in [0.15, 0.2) is 18.2 Å². The number of esters is 1. The molecule has 1 aromatic carbocycles. The van der Waals surface area contributed by atoms with E-state index in [1.165, 1.54) is 7.11 Å². The molecule has 0 fully saturated rings. The highest BCUT2D eigenvalue weighted by Gasteiger charge is 2.16. The second-order valence-electron chi connectivity index (χ2n) is 3.41. The molecule has 0 saturated heterocycles. The van der Waals surface area contributed by atoms with E-state index in [1.807, 2.05) is 6.07 Å². The molecule has 0 spiro atoms. The Morgan fingerprint density at radius 3 is 2.93 bits per heavy atom. The van der Waals surface area contributed by atoms with Crippen LogP contribution in [-0.4, -0.2) is 19.0 Å². The van der Waals surface area contributed by atoms with Gasteiger partial charge in [0.05, 0.1) is 12.7 Å². The maximum Gasteiger partial charge on any atom is 0.337 e. The van der Waals surface area contributed by atoms with Gasteiger partial charge in [-0.15, -0.1) is 0 Å². The number of aryl methyl sites for hydroxylation is 1. The molecular formula is C11H11NO3. The third kappa shape index (κ3) is 1.83. The lowest BCUT2D eigenvalue weighted by molar-refractivity contribution is -0.116. The number of anilines is 1. The maximum absolute atomic E-state index is 11.2. The third-order valence-corrected chi connectivity index (χ3v) is 2.43. The van der Waals surface area contributed by atoms with Crippen molar-refractivity contribution in [2.45, 2.75) is 12.8 Å². The first-order valence-corrected chi connectivity index (χ1v) is 4.72. The summed E-state index contributed by atoms with van der Waals surface area (Å²) in [4.78, 5) is 22.4. The van der Waals surface area contributed by atoms with Crippen molar-refractivity contribution in [3.63, 3.8) is 0 Å². The Labute approximate surface area is 87.2 Å². The Bertz CT molecular complexity index is 426. The lowest BCUT2D eigenvalue weighted by Crippen LogP contribution is -2.19. The molecule has 1 heterocycles. The van der Waals surface area contributed by atoms with Crippen LogP contribution in [-0.2, 0) is 16.0 Å². The number of amides is 1. The Balaban J connectivity index is 2.36. The monoisotopic (exact) mass is 205 g/mol. The maximum atomic E-state index is 11.2. The number of methoxy groups -OCH3 is 1. The Hall–Kier alpha value is -1.84. The third-order valence-electron chi connectivity index (χ3n) is 2.43. The van der Waals surface area contributed by atoms with Crippen molar-refractivity contribution in [3.8, 4) is 0 Å². The van der Waals surface area contributed by atoms with Crippen LogP contribution < -0.4 is 5.32 Å². The summed E-state index contributed by atoms with van der Waals surface area (Å²) in [5, 5.41) is 2.73. The molecule has 0 bridgehead atoms. The second-order valence-corrected chi connectivity index (χ2v) is 3.41. The molecule has 0 saturated carbocycles. The van der Waals surface area contributed by atoms with Crippen LogP contribution in [0.25, 0.3) is 0 Å². The highest BCUT2D eigenvalue weighted by molar-refractivity contribution is 5.97. The van der Waals surface area contributed by atoms with Crippen molar-refractivity contribution in [1.29, 1.82) is 0 Å². The summed E-state index contributed by atoms with van der Waals surface area (Å²) in [5.41, 5.74) is 2.23. The summed E-state index contributed by atoms with van der Waals surface area (Å²) in [5.74, 6) is -0.401. The van der Waals surface area contributed by atoms with Crippen molar-refractivity contribution >= 4 is 17.6 Å². The molecule has 1 N–H and O–H groups in total. The molecule has 4 nitrogen and oxygen atoms in total. The quantitative estimate of drug-likeness (QED) is 0.704. The molecule has 2 rings (SSSR count). The SMILES string of the molecule is COC(=O)c1ccc2c(c1)NC(=O)CC2. The number of ether oxygens (including phenoxy) is 1. The summed E-state index contributed by atoms with van der Waals surface area (Å²) < 4.78 is 4.60. The molecule has 1 aromatic rings. The van der Waals surface area contributed by atoms with E-state index in [4.69, 9.17) is 0 Å². The topological polar surface area (TPSA) is 55.4 Å². The molecule has 0 atom stereocenters. The van der Waals surface area contributed by atoms with E-state index in [2.05, 4.69) is 10.1 Å². The highest BCUT2D eigenvalue weighted by Crippen LogP contribution is 2.23. The van der Waals surface area contributed by atoms with Gasteiger partial charge in [-0.2, -0.15) is 0 Å². The minimum Gasteiger partial charge on any atom is -0.465 e. The number of carbonyl (C=O) groups is 2. The largest absolute Gasteiger partial charge is 0.465 e. The predicted octanol–water partition coefficient (Wildman–Crippen LogP) is 1.36. The van der Waals surface area contributed by atoms with Crippen LogP contribution in [0.2, 0.25) is 0 Å². The predicted molar refractivity (Wildman–Crippen MR) is 54.7 cm³/mol. The van der Waals surface area contributed by atoms with Gasteiger partial charge in [0.2, 0.25) is 5.91 Å². The first-order chi connectivity index (χ1) is 7.20. The Kier molecular flexibility index (Phi) is 2.41. The van der Waals surface area contributed by atoms with Crippen LogP contribution in [0.1, 0.15) is 22.3 Å². The van der Waals surface area contributed by atoms with Gasteiger partial charge >= 0.3 is 5.97 Å². The minimum atomic E-state index is -0.391. The molecule has 78 valence electrons. The molecule has 1 aliphatic heterocycles. The molecule has 0 unspecified atom stereocenters. The van der Waals surface area contributed by atoms with E-state index in [9.17, 15) is 9.59 Å². The van der Waals surface area contributed by atoms with Gasteiger partial charge in [-0.25, -0.2) is 4.79 Å². The lowest BCUT2D eigenvalue weighted by atomic mass is 10.0. The van der Waals surface area contributed by atoms with Gasteiger partial charge in [-0.3, -0.25) is 4.79 Å². The summed E-state index contributed by atoms with van der Waals surface area (Å²) in [7, 11) is 1.33. The van der Waals surface area contributed by atoms with Crippen LogP contribution in [0.3, 0.4) is 0 Å². The number of hydrogen-bond donors (Lipinski definition) is 1. The van der Waals surface area contributed by atoms with Crippen molar-refractivity contribution in [2.24, 2.45) is 0 Å². The number of fused-ring (bicyclic) bond motifs is 1. The van der Waals surface area contributed by atoms with Gasteiger partial charge in [-0.05, 0) is 24.1 Å². The van der Waals surface area contributed by atoms with Gasteiger partial charge in [0.25, 0.3) is 0 Å². The van der Waals surface area contributed by atoms with E-state index in [1.54, 1.807) is 12.1 Å². The molecule has 0 aromatic heterocycles. The van der Waals surface area contributed by atoms with Crippen LogP contribution in [0.4, 0.5) is 5.69 Å². The molecule has 0 aliphatic carbocycles. The average molecular weight is 205 g/mol. The zero-order valence-corrected chi connectivity index (χ0v) is 8.37. The smallest absolute Gasteiger partial charge is 0.337 e. The Morgan fingerprint density at radius 2 is 2.20 bits per heavy atom. The van der Waals surface area contributed by atoms with Crippen molar-refractivity contribution < 1.29 is 14.3 Å². The second kappa shape index (κ2) is 3.73.